The van der Waals surface area contributed by atoms with Crippen LogP contribution in [-0.4, -0.2) is 24.7 Å². The highest BCUT2D eigenvalue weighted by Gasteiger charge is 2.16. The predicted octanol–water partition coefficient (Wildman–Crippen LogP) is 3.52. The normalized spacial score (nSPS) is 10.3. The first-order valence-electron chi connectivity index (χ1n) is 6.30. The molecule has 0 aliphatic carbocycles. The summed E-state index contributed by atoms with van der Waals surface area (Å²) in [4.78, 5) is 16.6. The van der Waals surface area contributed by atoms with E-state index in [1.165, 1.54) is 30.6 Å². The SMILES string of the molecule is CCOC(=O)c1nc(Nc2ccc(OC)c(F)c2)sc1C. The van der Waals surface area contributed by atoms with Crippen molar-refractivity contribution >= 4 is 28.1 Å². The summed E-state index contributed by atoms with van der Waals surface area (Å²) in [6.07, 6.45) is 0. The third-order valence-electron chi connectivity index (χ3n) is 2.67. The molecule has 0 aliphatic rings. The van der Waals surface area contributed by atoms with Crippen LogP contribution in [0.15, 0.2) is 18.2 Å². The number of aromatic nitrogens is 1. The minimum absolute atomic E-state index is 0.170. The second-order valence-electron chi connectivity index (χ2n) is 4.12. The molecule has 0 amide bonds. The van der Waals surface area contributed by atoms with Gasteiger partial charge in [0.15, 0.2) is 22.4 Å². The van der Waals surface area contributed by atoms with Gasteiger partial charge in [0.2, 0.25) is 0 Å². The van der Waals surface area contributed by atoms with Gasteiger partial charge < -0.3 is 14.8 Å². The summed E-state index contributed by atoms with van der Waals surface area (Å²) in [6.45, 7) is 3.81. The van der Waals surface area contributed by atoms with E-state index in [1.807, 2.05) is 0 Å². The highest BCUT2D eigenvalue weighted by Crippen LogP contribution is 2.28. The molecule has 7 heteroatoms. The van der Waals surface area contributed by atoms with Crippen molar-refractivity contribution < 1.29 is 18.7 Å². The Morgan fingerprint density at radius 3 is 2.86 bits per heavy atom. The number of hydrogen-bond donors (Lipinski definition) is 1. The fourth-order valence-electron chi connectivity index (χ4n) is 1.71. The molecule has 0 aliphatic heterocycles. The van der Waals surface area contributed by atoms with Crippen molar-refractivity contribution in [3.05, 3.63) is 34.6 Å². The van der Waals surface area contributed by atoms with Gasteiger partial charge in [0.25, 0.3) is 0 Å². The minimum atomic E-state index is -0.471. The van der Waals surface area contributed by atoms with Crippen LogP contribution in [0.4, 0.5) is 15.2 Å². The Morgan fingerprint density at radius 1 is 1.48 bits per heavy atom. The second kappa shape index (κ2) is 6.53. The van der Waals surface area contributed by atoms with Crippen LogP contribution < -0.4 is 10.1 Å². The van der Waals surface area contributed by atoms with E-state index >= 15 is 0 Å². The summed E-state index contributed by atoms with van der Waals surface area (Å²) in [5, 5.41) is 3.46. The Morgan fingerprint density at radius 2 is 2.24 bits per heavy atom. The van der Waals surface area contributed by atoms with E-state index in [1.54, 1.807) is 19.9 Å². The zero-order chi connectivity index (χ0) is 15.4. The number of carbonyl (C=O) groups excluding carboxylic acids is 1. The van der Waals surface area contributed by atoms with E-state index in [9.17, 15) is 9.18 Å². The Bertz CT molecular complexity index is 658. The van der Waals surface area contributed by atoms with Gasteiger partial charge in [-0.3, -0.25) is 0 Å². The van der Waals surface area contributed by atoms with Crippen LogP contribution >= 0.6 is 11.3 Å². The molecule has 0 unspecified atom stereocenters. The molecule has 0 bridgehead atoms. The van der Waals surface area contributed by atoms with Crippen LogP contribution in [0.3, 0.4) is 0 Å². The smallest absolute Gasteiger partial charge is 0.358 e. The number of carbonyl (C=O) groups is 1. The molecule has 1 aromatic heterocycles. The molecule has 0 spiro atoms. The third-order valence-corrected chi connectivity index (χ3v) is 3.55. The van der Waals surface area contributed by atoms with Crippen molar-refractivity contribution in [3.8, 4) is 5.75 Å². The molecule has 0 saturated carbocycles. The lowest BCUT2D eigenvalue weighted by Gasteiger charge is -2.05. The second-order valence-corrected chi connectivity index (χ2v) is 5.32. The largest absolute Gasteiger partial charge is 0.494 e. The van der Waals surface area contributed by atoms with E-state index in [-0.39, 0.29) is 11.4 Å². The number of hydrogen-bond acceptors (Lipinski definition) is 6. The van der Waals surface area contributed by atoms with Crippen LogP contribution in [0, 0.1) is 12.7 Å². The number of nitrogens with zero attached hydrogens (tertiary/aromatic N) is 1. The number of thiazole rings is 1. The Labute approximate surface area is 125 Å². The molecule has 2 rings (SSSR count). The van der Waals surface area contributed by atoms with Gasteiger partial charge in [-0.15, -0.1) is 11.3 Å². The molecule has 1 N–H and O–H groups in total. The Hall–Kier alpha value is -2.15. The zero-order valence-electron chi connectivity index (χ0n) is 11.9. The first kappa shape index (κ1) is 15.2. The van der Waals surface area contributed by atoms with Crippen molar-refractivity contribution in [1.82, 2.24) is 4.98 Å². The van der Waals surface area contributed by atoms with Gasteiger partial charge in [0, 0.05) is 16.6 Å². The number of benzene rings is 1. The van der Waals surface area contributed by atoms with Gasteiger partial charge in [-0.2, -0.15) is 0 Å². The van der Waals surface area contributed by atoms with Gasteiger partial charge >= 0.3 is 5.97 Å². The molecule has 0 atom stereocenters. The number of nitrogens with one attached hydrogen (secondary N) is 1. The molecule has 0 radical (unpaired) electrons. The lowest BCUT2D eigenvalue weighted by atomic mass is 10.3. The summed E-state index contributed by atoms with van der Waals surface area (Å²) in [5.41, 5.74) is 0.802. The number of halogens is 1. The lowest BCUT2D eigenvalue weighted by molar-refractivity contribution is 0.0519. The number of ether oxygens (including phenoxy) is 2. The number of anilines is 2. The molecule has 1 aromatic carbocycles. The van der Waals surface area contributed by atoms with Gasteiger partial charge in [-0.1, -0.05) is 0 Å². The van der Waals surface area contributed by atoms with Crippen molar-refractivity contribution in [3.63, 3.8) is 0 Å². The van der Waals surface area contributed by atoms with Gasteiger partial charge in [0.05, 0.1) is 13.7 Å². The quantitative estimate of drug-likeness (QED) is 0.856. The van der Waals surface area contributed by atoms with Crippen LogP contribution in [0.2, 0.25) is 0 Å². The molecular formula is C14H15FN2O3S. The Balaban J connectivity index is 2.18. The number of aryl methyl sites for hydroxylation is 1. The van der Waals surface area contributed by atoms with Crippen LogP contribution in [0.5, 0.6) is 5.75 Å². The van der Waals surface area contributed by atoms with Crippen LogP contribution in [0.25, 0.3) is 0 Å². The fraction of sp³-hybridized carbons (Fsp3) is 0.286. The average molecular weight is 310 g/mol. The van der Waals surface area contributed by atoms with Crippen molar-refractivity contribution in [2.75, 3.05) is 19.0 Å². The van der Waals surface area contributed by atoms with E-state index in [4.69, 9.17) is 9.47 Å². The molecule has 0 fully saturated rings. The zero-order valence-corrected chi connectivity index (χ0v) is 12.7. The molecule has 2 aromatic rings. The van der Waals surface area contributed by atoms with Gasteiger partial charge in [-0.05, 0) is 26.0 Å². The highest BCUT2D eigenvalue weighted by atomic mass is 32.1. The van der Waals surface area contributed by atoms with Crippen molar-refractivity contribution in [2.45, 2.75) is 13.8 Å². The number of rotatable bonds is 5. The summed E-state index contributed by atoms with van der Waals surface area (Å²) < 4.78 is 23.4. The molecule has 1 heterocycles. The first-order valence-corrected chi connectivity index (χ1v) is 7.12. The van der Waals surface area contributed by atoms with E-state index in [2.05, 4.69) is 10.3 Å². The maximum absolute atomic E-state index is 13.6. The van der Waals surface area contributed by atoms with Crippen molar-refractivity contribution in [2.24, 2.45) is 0 Å². The molecule has 21 heavy (non-hydrogen) atoms. The first-order chi connectivity index (χ1) is 10.0. The van der Waals surface area contributed by atoms with Crippen molar-refractivity contribution in [1.29, 1.82) is 0 Å². The van der Waals surface area contributed by atoms with Gasteiger partial charge in [0.1, 0.15) is 0 Å². The predicted molar refractivity (Wildman–Crippen MR) is 79.0 cm³/mol. The molecule has 112 valence electrons. The lowest BCUT2D eigenvalue weighted by Crippen LogP contribution is -2.06. The summed E-state index contributed by atoms with van der Waals surface area (Å²) in [5.74, 6) is -0.760. The third kappa shape index (κ3) is 3.49. The van der Waals surface area contributed by atoms with Gasteiger partial charge in [-0.25, -0.2) is 14.2 Å². The minimum Gasteiger partial charge on any atom is -0.494 e. The average Bonchev–Trinajstić information content (AvgIpc) is 2.80. The van der Waals surface area contributed by atoms with Crippen LogP contribution in [0.1, 0.15) is 22.3 Å². The number of methoxy groups -OCH3 is 1. The molecular weight excluding hydrogens is 295 g/mol. The highest BCUT2D eigenvalue weighted by molar-refractivity contribution is 7.15. The summed E-state index contributed by atoms with van der Waals surface area (Å²) >= 11 is 1.30. The summed E-state index contributed by atoms with van der Waals surface area (Å²) in [7, 11) is 1.40. The van der Waals surface area contributed by atoms with E-state index in [0.717, 1.165) is 4.88 Å². The number of esters is 1. The fourth-order valence-corrected chi connectivity index (χ4v) is 2.53. The topological polar surface area (TPSA) is 60.5 Å². The van der Waals surface area contributed by atoms with E-state index < -0.39 is 11.8 Å². The molecule has 0 saturated heterocycles. The maximum atomic E-state index is 13.6. The molecule has 5 nitrogen and oxygen atoms in total. The van der Waals surface area contributed by atoms with Crippen LogP contribution in [-0.2, 0) is 4.74 Å². The standard InChI is InChI=1S/C14H15FN2O3S/c1-4-20-13(18)12-8(2)21-14(17-12)16-9-5-6-11(19-3)10(15)7-9/h5-7H,4H2,1-3H3,(H,16,17). The monoisotopic (exact) mass is 310 g/mol. The summed E-state index contributed by atoms with van der Waals surface area (Å²) in [6, 6.07) is 4.49. The Kier molecular flexibility index (Phi) is 4.74. The maximum Gasteiger partial charge on any atom is 0.358 e. The van der Waals surface area contributed by atoms with E-state index in [0.29, 0.717) is 17.4 Å².